The number of carbonyl (C=O) groups excluding carboxylic acids is 1. The molecular weight excluding hydrogens is 374 g/mol. The van der Waals surface area contributed by atoms with Crippen LogP contribution in [0.15, 0.2) is 65.8 Å². The van der Waals surface area contributed by atoms with Gasteiger partial charge in [-0.1, -0.05) is 36.4 Å². The molecule has 1 aliphatic rings. The topological polar surface area (TPSA) is 72.3 Å². The van der Waals surface area contributed by atoms with Crippen molar-refractivity contribution in [2.75, 3.05) is 6.54 Å². The number of fused-ring (bicyclic) bond motifs is 1. The lowest BCUT2D eigenvalue weighted by atomic mass is 9.87. The van der Waals surface area contributed by atoms with E-state index in [9.17, 15) is 13.2 Å². The van der Waals surface area contributed by atoms with Crippen LogP contribution in [0.2, 0.25) is 0 Å². The van der Waals surface area contributed by atoms with Gasteiger partial charge >= 0.3 is 0 Å². The van der Waals surface area contributed by atoms with E-state index in [4.69, 9.17) is 0 Å². The first-order valence-electron chi connectivity index (χ1n) is 9.04. The molecule has 0 spiro atoms. The molecule has 0 bridgehead atoms. The number of nitrogens with zero attached hydrogens (tertiary/aromatic N) is 3. The van der Waals surface area contributed by atoms with Crippen LogP contribution in [0.25, 0.3) is 0 Å². The van der Waals surface area contributed by atoms with Gasteiger partial charge in [0.05, 0.1) is 11.1 Å². The Labute approximate surface area is 164 Å². The van der Waals surface area contributed by atoms with Gasteiger partial charge in [-0.2, -0.15) is 9.40 Å². The predicted octanol–water partition coefficient (Wildman–Crippen LogP) is 2.96. The van der Waals surface area contributed by atoms with Gasteiger partial charge in [-0.25, -0.2) is 8.42 Å². The summed E-state index contributed by atoms with van der Waals surface area (Å²) in [5.74, 6) is -0.251. The summed E-state index contributed by atoms with van der Waals surface area (Å²) < 4.78 is 29.9. The minimum absolute atomic E-state index is 0.0931. The maximum absolute atomic E-state index is 13.3. The van der Waals surface area contributed by atoms with E-state index in [1.54, 1.807) is 29.1 Å². The molecule has 2 heterocycles. The van der Waals surface area contributed by atoms with E-state index in [1.165, 1.54) is 17.3 Å². The van der Waals surface area contributed by atoms with Crippen LogP contribution in [0.4, 0.5) is 0 Å². The van der Waals surface area contributed by atoms with Crippen LogP contribution in [-0.4, -0.2) is 34.8 Å². The lowest BCUT2D eigenvalue weighted by Crippen LogP contribution is -2.38. The molecule has 3 aromatic rings. The normalized spacial score (nSPS) is 17.3. The van der Waals surface area contributed by atoms with E-state index >= 15 is 0 Å². The molecule has 28 heavy (non-hydrogen) atoms. The lowest BCUT2D eigenvalue weighted by molar-refractivity contribution is 0.101. The summed E-state index contributed by atoms with van der Waals surface area (Å²) >= 11 is 0. The second-order valence-electron chi connectivity index (χ2n) is 7.08. The van der Waals surface area contributed by atoms with Crippen molar-refractivity contribution in [1.29, 1.82) is 0 Å². The highest BCUT2D eigenvalue weighted by atomic mass is 32.2. The number of hydrogen-bond donors (Lipinski definition) is 0. The molecule has 0 aliphatic carbocycles. The highest BCUT2D eigenvalue weighted by Gasteiger charge is 2.34. The van der Waals surface area contributed by atoms with E-state index in [0.717, 1.165) is 16.7 Å². The highest BCUT2D eigenvalue weighted by molar-refractivity contribution is 7.89. The van der Waals surface area contributed by atoms with Crippen LogP contribution in [0.1, 0.15) is 39.9 Å². The molecular formula is C21H21N3O3S. The summed E-state index contributed by atoms with van der Waals surface area (Å²) in [5.41, 5.74) is 3.47. The van der Waals surface area contributed by atoms with Crippen LogP contribution in [0.5, 0.6) is 0 Å². The fraction of sp³-hybridized carbons (Fsp3) is 0.238. The van der Waals surface area contributed by atoms with E-state index in [0.29, 0.717) is 18.7 Å². The SMILES string of the molecule is CC(=O)c1cccc(S(=O)(=O)N2Cc3ccccc3C(c3cnn(C)c3)C2)c1. The van der Waals surface area contributed by atoms with Crippen molar-refractivity contribution in [3.63, 3.8) is 0 Å². The third kappa shape index (κ3) is 3.27. The Kier molecular flexibility index (Phi) is 4.64. The van der Waals surface area contributed by atoms with Gasteiger partial charge in [0.25, 0.3) is 0 Å². The van der Waals surface area contributed by atoms with Crippen LogP contribution in [0.3, 0.4) is 0 Å². The van der Waals surface area contributed by atoms with Crippen molar-refractivity contribution in [3.05, 3.63) is 83.2 Å². The smallest absolute Gasteiger partial charge is 0.243 e. The first kappa shape index (κ1) is 18.6. The van der Waals surface area contributed by atoms with Gasteiger partial charge in [-0.3, -0.25) is 9.48 Å². The van der Waals surface area contributed by atoms with Gasteiger partial charge in [0, 0.05) is 37.8 Å². The number of hydrogen-bond acceptors (Lipinski definition) is 4. The van der Waals surface area contributed by atoms with E-state index in [2.05, 4.69) is 5.10 Å². The number of aromatic nitrogens is 2. The lowest BCUT2D eigenvalue weighted by Gasteiger charge is -2.33. The zero-order valence-electron chi connectivity index (χ0n) is 15.7. The molecule has 0 saturated carbocycles. The molecule has 1 unspecified atom stereocenters. The molecule has 1 aliphatic heterocycles. The summed E-state index contributed by atoms with van der Waals surface area (Å²) in [6.45, 7) is 2.07. The third-order valence-corrected chi connectivity index (χ3v) is 6.98. The quantitative estimate of drug-likeness (QED) is 0.637. The Hall–Kier alpha value is -2.77. The maximum atomic E-state index is 13.3. The molecule has 2 aromatic carbocycles. The van der Waals surface area contributed by atoms with Crippen LogP contribution >= 0.6 is 0 Å². The Morgan fingerprint density at radius 1 is 1.14 bits per heavy atom. The molecule has 0 N–H and O–H groups in total. The Balaban J connectivity index is 1.76. The molecule has 1 aromatic heterocycles. The second-order valence-corrected chi connectivity index (χ2v) is 9.02. The first-order chi connectivity index (χ1) is 13.4. The van der Waals surface area contributed by atoms with Crippen molar-refractivity contribution < 1.29 is 13.2 Å². The van der Waals surface area contributed by atoms with E-state index < -0.39 is 10.0 Å². The molecule has 0 fully saturated rings. The third-order valence-electron chi connectivity index (χ3n) is 5.17. The van der Waals surface area contributed by atoms with E-state index in [1.807, 2.05) is 37.5 Å². The van der Waals surface area contributed by atoms with Gasteiger partial charge in [0.2, 0.25) is 10.0 Å². The van der Waals surface area contributed by atoms with Crippen molar-refractivity contribution in [3.8, 4) is 0 Å². The van der Waals surface area contributed by atoms with Crippen molar-refractivity contribution >= 4 is 15.8 Å². The second kappa shape index (κ2) is 7.00. The van der Waals surface area contributed by atoms with Gasteiger partial charge in [0.1, 0.15) is 0 Å². The van der Waals surface area contributed by atoms with E-state index in [-0.39, 0.29) is 16.6 Å². The summed E-state index contributed by atoms with van der Waals surface area (Å²) in [4.78, 5) is 11.8. The number of rotatable bonds is 4. The van der Waals surface area contributed by atoms with Gasteiger partial charge in [-0.15, -0.1) is 0 Å². The van der Waals surface area contributed by atoms with Crippen LogP contribution < -0.4 is 0 Å². The predicted molar refractivity (Wildman–Crippen MR) is 106 cm³/mol. The fourth-order valence-corrected chi connectivity index (χ4v) is 5.17. The molecule has 1 atom stereocenters. The summed E-state index contributed by atoms with van der Waals surface area (Å²) in [5, 5.41) is 4.25. The molecule has 0 radical (unpaired) electrons. The standard InChI is InChI=1S/C21H21N3O3S/c1-15(25)16-7-5-8-19(10-16)28(26,27)24-13-17-6-3-4-9-20(17)21(14-24)18-11-22-23(2)12-18/h3-12,21H,13-14H2,1-2H3. The van der Waals surface area contributed by atoms with Gasteiger partial charge in [0.15, 0.2) is 5.78 Å². The number of benzene rings is 2. The van der Waals surface area contributed by atoms with Crippen molar-refractivity contribution in [2.45, 2.75) is 24.3 Å². The minimum atomic E-state index is -3.74. The zero-order valence-corrected chi connectivity index (χ0v) is 16.6. The minimum Gasteiger partial charge on any atom is -0.295 e. The molecule has 4 rings (SSSR count). The Morgan fingerprint density at radius 3 is 2.64 bits per heavy atom. The van der Waals surface area contributed by atoms with Gasteiger partial charge in [-0.05, 0) is 35.7 Å². The fourth-order valence-electron chi connectivity index (χ4n) is 3.69. The summed E-state index contributed by atoms with van der Waals surface area (Å²) in [6.07, 6.45) is 3.71. The number of carbonyl (C=O) groups is 1. The number of aryl methyl sites for hydroxylation is 1. The first-order valence-corrected chi connectivity index (χ1v) is 10.5. The number of Topliss-reactive ketones (excluding diaryl/α,β-unsaturated/α-hetero) is 1. The van der Waals surface area contributed by atoms with Crippen LogP contribution in [0, 0.1) is 0 Å². The molecule has 7 heteroatoms. The Morgan fingerprint density at radius 2 is 1.93 bits per heavy atom. The molecule has 144 valence electrons. The van der Waals surface area contributed by atoms with Crippen LogP contribution in [-0.2, 0) is 23.6 Å². The van der Waals surface area contributed by atoms with Crippen molar-refractivity contribution in [1.82, 2.24) is 14.1 Å². The molecule has 0 amide bonds. The molecule has 6 nitrogen and oxygen atoms in total. The van der Waals surface area contributed by atoms with Crippen molar-refractivity contribution in [2.24, 2.45) is 7.05 Å². The zero-order chi connectivity index (χ0) is 19.9. The number of sulfonamides is 1. The largest absolute Gasteiger partial charge is 0.295 e. The Bertz CT molecular complexity index is 1150. The average molecular weight is 395 g/mol. The number of ketones is 1. The molecule has 0 saturated heterocycles. The average Bonchev–Trinajstić information content (AvgIpc) is 3.13. The summed E-state index contributed by atoms with van der Waals surface area (Å²) in [7, 11) is -1.89. The summed E-state index contributed by atoms with van der Waals surface area (Å²) in [6, 6.07) is 14.2. The van der Waals surface area contributed by atoms with Gasteiger partial charge < -0.3 is 0 Å². The monoisotopic (exact) mass is 395 g/mol. The highest BCUT2D eigenvalue weighted by Crippen LogP contribution is 2.35. The maximum Gasteiger partial charge on any atom is 0.243 e.